The molecule has 1 aliphatic carbocycles. The Balaban J connectivity index is 0.00000341. The van der Waals surface area contributed by atoms with Crippen LogP contribution in [0.2, 0.25) is 0 Å². The summed E-state index contributed by atoms with van der Waals surface area (Å²) in [4.78, 5) is 30.1. The molecule has 1 aromatic rings. The molecule has 1 saturated carbocycles. The average molecular weight is 543 g/mol. The van der Waals surface area contributed by atoms with E-state index in [-0.39, 0.29) is 48.9 Å². The third-order valence-corrected chi connectivity index (χ3v) is 5.12. The van der Waals surface area contributed by atoms with Crippen molar-refractivity contribution < 1.29 is 14.3 Å². The summed E-state index contributed by atoms with van der Waals surface area (Å²) in [6, 6.07) is 8.11. The lowest BCUT2D eigenvalue weighted by Gasteiger charge is -2.15. The molecule has 9 heteroatoms. The predicted octanol–water partition coefficient (Wildman–Crippen LogP) is 1.68. The molecular weight excluding hydrogens is 509 g/mol. The van der Waals surface area contributed by atoms with Gasteiger partial charge in [-0.3, -0.25) is 9.59 Å². The SMILES string of the molecule is CCNC(=NCC(=O)N1CCCC1)NCCc1ccc(OCC(=O)NC2CC2)cc1.I. The lowest BCUT2D eigenvalue weighted by atomic mass is 10.1. The Morgan fingerprint density at radius 1 is 1.13 bits per heavy atom. The Labute approximate surface area is 201 Å². The summed E-state index contributed by atoms with van der Waals surface area (Å²) in [5.41, 5.74) is 1.15. The van der Waals surface area contributed by atoms with E-state index >= 15 is 0 Å². The molecular formula is C22H34IN5O3. The van der Waals surface area contributed by atoms with Crippen LogP contribution in [0.3, 0.4) is 0 Å². The molecule has 31 heavy (non-hydrogen) atoms. The zero-order valence-electron chi connectivity index (χ0n) is 18.2. The van der Waals surface area contributed by atoms with Crippen molar-refractivity contribution in [1.82, 2.24) is 20.9 Å². The molecule has 0 bridgehead atoms. The van der Waals surface area contributed by atoms with E-state index in [2.05, 4.69) is 20.9 Å². The topological polar surface area (TPSA) is 95.1 Å². The minimum absolute atomic E-state index is 0. The second-order valence-corrected chi connectivity index (χ2v) is 7.73. The first-order chi connectivity index (χ1) is 14.6. The minimum atomic E-state index is -0.0655. The molecule has 3 N–H and O–H groups in total. The molecule has 0 atom stereocenters. The normalized spacial score (nSPS) is 15.8. The van der Waals surface area contributed by atoms with Gasteiger partial charge in [0.25, 0.3) is 5.91 Å². The number of rotatable bonds is 10. The molecule has 8 nitrogen and oxygen atoms in total. The van der Waals surface area contributed by atoms with E-state index in [1.165, 1.54) is 0 Å². The van der Waals surface area contributed by atoms with Gasteiger partial charge in [-0.1, -0.05) is 12.1 Å². The van der Waals surface area contributed by atoms with Crippen LogP contribution in [-0.2, 0) is 16.0 Å². The van der Waals surface area contributed by atoms with Gasteiger partial charge in [0.15, 0.2) is 12.6 Å². The summed E-state index contributed by atoms with van der Waals surface area (Å²) in [6.07, 6.45) is 5.14. The summed E-state index contributed by atoms with van der Waals surface area (Å²) in [5.74, 6) is 1.37. The quantitative estimate of drug-likeness (QED) is 0.237. The van der Waals surface area contributed by atoms with Crippen LogP contribution in [0.15, 0.2) is 29.3 Å². The largest absolute Gasteiger partial charge is 0.484 e. The van der Waals surface area contributed by atoms with Crippen molar-refractivity contribution in [2.45, 2.75) is 45.1 Å². The van der Waals surface area contributed by atoms with E-state index in [1.807, 2.05) is 36.1 Å². The van der Waals surface area contributed by atoms with Gasteiger partial charge in [-0.2, -0.15) is 0 Å². The highest BCUT2D eigenvalue weighted by atomic mass is 127. The molecule has 1 heterocycles. The molecule has 2 fully saturated rings. The highest BCUT2D eigenvalue weighted by molar-refractivity contribution is 14.0. The van der Waals surface area contributed by atoms with E-state index in [0.29, 0.717) is 24.3 Å². The number of benzene rings is 1. The van der Waals surface area contributed by atoms with Crippen LogP contribution >= 0.6 is 24.0 Å². The van der Waals surface area contributed by atoms with Crippen LogP contribution in [0.25, 0.3) is 0 Å². The number of nitrogens with zero attached hydrogens (tertiary/aromatic N) is 2. The number of carbonyl (C=O) groups is 2. The fourth-order valence-electron chi connectivity index (χ4n) is 3.28. The third kappa shape index (κ3) is 9.32. The fraction of sp³-hybridized carbons (Fsp3) is 0.591. The molecule has 1 aliphatic heterocycles. The number of guanidine groups is 1. The molecule has 0 spiro atoms. The highest BCUT2D eigenvalue weighted by Crippen LogP contribution is 2.18. The van der Waals surface area contributed by atoms with Crippen molar-refractivity contribution in [3.63, 3.8) is 0 Å². The van der Waals surface area contributed by atoms with Crippen LogP contribution in [0.4, 0.5) is 0 Å². The standard InChI is InChI=1S/C22H33N5O3.HI/c1-2-23-22(25-15-21(29)27-13-3-4-14-27)24-12-11-17-5-9-19(10-6-17)30-16-20(28)26-18-7-8-18;/h5-6,9-10,18H,2-4,7-8,11-16H2,1H3,(H,26,28)(H2,23,24,25);1H. The molecule has 3 rings (SSSR count). The van der Waals surface area contributed by atoms with Crippen LogP contribution in [0.1, 0.15) is 38.2 Å². The van der Waals surface area contributed by atoms with Crippen molar-refractivity contribution in [2.75, 3.05) is 39.3 Å². The van der Waals surface area contributed by atoms with Gasteiger partial charge in [-0.05, 0) is 56.7 Å². The summed E-state index contributed by atoms with van der Waals surface area (Å²) in [7, 11) is 0. The lowest BCUT2D eigenvalue weighted by Crippen LogP contribution is -2.39. The molecule has 2 amide bonds. The second-order valence-electron chi connectivity index (χ2n) is 7.73. The number of ether oxygens (including phenoxy) is 1. The third-order valence-electron chi connectivity index (χ3n) is 5.12. The Morgan fingerprint density at radius 3 is 2.48 bits per heavy atom. The van der Waals surface area contributed by atoms with Crippen LogP contribution in [-0.4, -0.2) is 68.0 Å². The first-order valence-corrected chi connectivity index (χ1v) is 10.9. The zero-order chi connectivity index (χ0) is 21.2. The summed E-state index contributed by atoms with van der Waals surface area (Å²) in [6.45, 7) is 5.37. The number of carbonyl (C=O) groups excluding carboxylic acids is 2. The number of hydrogen-bond donors (Lipinski definition) is 3. The van der Waals surface area contributed by atoms with Gasteiger partial charge in [0.2, 0.25) is 5.91 Å². The van der Waals surface area contributed by atoms with Gasteiger partial charge in [-0.25, -0.2) is 4.99 Å². The lowest BCUT2D eigenvalue weighted by molar-refractivity contribution is -0.128. The van der Waals surface area contributed by atoms with Crippen molar-refractivity contribution in [1.29, 1.82) is 0 Å². The van der Waals surface area contributed by atoms with E-state index in [1.54, 1.807) is 0 Å². The first kappa shape index (κ1) is 25.2. The number of halogens is 1. The zero-order valence-corrected chi connectivity index (χ0v) is 20.5. The molecule has 172 valence electrons. The van der Waals surface area contributed by atoms with E-state index in [9.17, 15) is 9.59 Å². The average Bonchev–Trinajstić information content (AvgIpc) is 3.38. The van der Waals surface area contributed by atoms with Crippen LogP contribution in [0, 0.1) is 0 Å². The maximum atomic E-state index is 12.2. The number of amides is 2. The number of nitrogens with one attached hydrogen (secondary N) is 3. The number of likely N-dealkylation sites (tertiary alicyclic amines) is 1. The fourth-order valence-corrected chi connectivity index (χ4v) is 3.28. The summed E-state index contributed by atoms with van der Waals surface area (Å²) in [5, 5.41) is 9.36. The molecule has 2 aliphatic rings. The summed E-state index contributed by atoms with van der Waals surface area (Å²) >= 11 is 0. The molecule has 0 aromatic heterocycles. The predicted molar refractivity (Wildman–Crippen MR) is 132 cm³/mol. The molecule has 1 saturated heterocycles. The van der Waals surface area contributed by atoms with Gasteiger partial charge in [0.1, 0.15) is 12.3 Å². The minimum Gasteiger partial charge on any atom is -0.484 e. The Hall–Kier alpha value is -2.04. The number of aliphatic imine (C=N–C) groups is 1. The summed E-state index contributed by atoms with van der Waals surface area (Å²) < 4.78 is 5.53. The maximum absolute atomic E-state index is 12.2. The van der Waals surface area contributed by atoms with Crippen molar-refractivity contribution in [2.24, 2.45) is 4.99 Å². The van der Waals surface area contributed by atoms with Crippen molar-refractivity contribution in [3.8, 4) is 5.75 Å². The van der Waals surface area contributed by atoms with Gasteiger partial charge >= 0.3 is 0 Å². The first-order valence-electron chi connectivity index (χ1n) is 10.9. The highest BCUT2D eigenvalue weighted by Gasteiger charge is 2.23. The van der Waals surface area contributed by atoms with Crippen molar-refractivity contribution in [3.05, 3.63) is 29.8 Å². The van der Waals surface area contributed by atoms with Crippen molar-refractivity contribution >= 4 is 41.8 Å². The Bertz CT molecular complexity index is 731. The van der Waals surface area contributed by atoms with E-state index in [0.717, 1.165) is 57.3 Å². The van der Waals surface area contributed by atoms with Gasteiger partial charge in [0.05, 0.1) is 0 Å². The van der Waals surface area contributed by atoms with E-state index in [4.69, 9.17) is 4.74 Å². The van der Waals surface area contributed by atoms with Crippen LogP contribution < -0.4 is 20.7 Å². The van der Waals surface area contributed by atoms with Gasteiger partial charge in [-0.15, -0.1) is 24.0 Å². The Morgan fingerprint density at radius 2 is 1.84 bits per heavy atom. The second kappa shape index (κ2) is 13.4. The molecule has 0 unspecified atom stereocenters. The van der Waals surface area contributed by atoms with Gasteiger partial charge in [0, 0.05) is 32.2 Å². The Kier molecular flexibility index (Phi) is 10.9. The molecule has 0 radical (unpaired) electrons. The maximum Gasteiger partial charge on any atom is 0.258 e. The number of hydrogen-bond acceptors (Lipinski definition) is 4. The van der Waals surface area contributed by atoms with E-state index < -0.39 is 0 Å². The smallest absolute Gasteiger partial charge is 0.258 e. The molecule has 1 aromatic carbocycles. The van der Waals surface area contributed by atoms with Gasteiger partial charge < -0.3 is 25.6 Å². The van der Waals surface area contributed by atoms with Crippen LogP contribution in [0.5, 0.6) is 5.75 Å². The monoisotopic (exact) mass is 543 g/mol.